The van der Waals surface area contributed by atoms with Crippen molar-refractivity contribution in [3.63, 3.8) is 0 Å². The molecule has 18 heavy (non-hydrogen) atoms. The van der Waals surface area contributed by atoms with Crippen LogP contribution in [0.25, 0.3) is 0 Å². The van der Waals surface area contributed by atoms with Gasteiger partial charge in [-0.05, 0) is 42.6 Å². The van der Waals surface area contributed by atoms with E-state index in [4.69, 9.17) is 26.6 Å². The van der Waals surface area contributed by atoms with Crippen molar-refractivity contribution >= 4 is 17.6 Å². The number of hydrogen-bond acceptors (Lipinski definition) is 3. The number of carbonyl (C=O) groups is 1. The number of aliphatic hydroxyl groups excluding tert-OH is 1. The van der Waals surface area contributed by atoms with Crippen molar-refractivity contribution in [1.29, 1.82) is 0 Å². The van der Waals surface area contributed by atoms with E-state index in [1.54, 1.807) is 0 Å². The summed E-state index contributed by atoms with van der Waals surface area (Å²) in [6.07, 6.45) is 2.29. The van der Waals surface area contributed by atoms with E-state index >= 15 is 0 Å². The summed E-state index contributed by atoms with van der Waals surface area (Å²) < 4.78 is 0. The van der Waals surface area contributed by atoms with Crippen molar-refractivity contribution in [2.75, 3.05) is 19.7 Å². The highest BCUT2D eigenvalue weighted by molar-refractivity contribution is 6.17. The molecule has 1 aromatic carbocycles. The summed E-state index contributed by atoms with van der Waals surface area (Å²) in [4.78, 5) is 9.12. The average Bonchev–Trinajstić information content (AvgIpc) is 2.63. The van der Waals surface area contributed by atoms with Crippen LogP contribution in [0.15, 0.2) is 18.2 Å². The largest absolute Gasteiger partial charge is 0.480 e. The van der Waals surface area contributed by atoms with Crippen LogP contribution in [-0.4, -0.2) is 35.9 Å². The highest BCUT2D eigenvalue weighted by atomic mass is 35.5. The normalized spacial score (nSPS) is 13.9. The smallest absolute Gasteiger partial charge is 0.329 e. The Morgan fingerprint density at radius 1 is 1.28 bits per heavy atom. The summed E-state index contributed by atoms with van der Waals surface area (Å²) in [5.74, 6) is -0.564. The molecule has 1 aliphatic rings. The van der Waals surface area contributed by atoms with Crippen LogP contribution in [0.2, 0.25) is 0 Å². The lowest BCUT2D eigenvalue weighted by molar-refractivity contribution is -0.140. The molecule has 0 aliphatic carbocycles. The fourth-order valence-electron chi connectivity index (χ4n) is 1.81. The minimum Gasteiger partial charge on any atom is -0.480 e. The number of rotatable bonds is 2. The van der Waals surface area contributed by atoms with Crippen molar-refractivity contribution in [3.05, 3.63) is 34.9 Å². The van der Waals surface area contributed by atoms with Gasteiger partial charge in [0.25, 0.3) is 0 Å². The van der Waals surface area contributed by atoms with Crippen LogP contribution in [0.1, 0.15) is 16.7 Å². The summed E-state index contributed by atoms with van der Waals surface area (Å²) in [6.45, 7) is 1.42. The Morgan fingerprint density at radius 2 is 1.89 bits per heavy atom. The van der Waals surface area contributed by atoms with Crippen LogP contribution in [0.3, 0.4) is 0 Å². The second kappa shape index (κ2) is 8.08. The second-order valence-corrected chi connectivity index (χ2v) is 4.31. The second-order valence-electron chi connectivity index (χ2n) is 4.04. The van der Waals surface area contributed by atoms with E-state index in [1.807, 2.05) is 0 Å². The van der Waals surface area contributed by atoms with Crippen molar-refractivity contribution in [2.45, 2.75) is 18.7 Å². The molecule has 2 rings (SSSR count). The number of carboxylic acids is 1. The van der Waals surface area contributed by atoms with Gasteiger partial charge in [-0.25, -0.2) is 4.79 Å². The summed E-state index contributed by atoms with van der Waals surface area (Å²) >= 11 is 5.79. The number of aliphatic carboxylic acids is 1. The van der Waals surface area contributed by atoms with Gasteiger partial charge in [0.15, 0.2) is 0 Å². The van der Waals surface area contributed by atoms with Gasteiger partial charge in [0.2, 0.25) is 0 Å². The highest BCUT2D eigenvalue weighted by Gasteiger charge is 2.07. The maximum atomic E-state index is 9.12. The van der Waals surface area contributed by atoms with Gasteiger partial charge in [0, 0.05) is 5.88 Å². The Balaban J connectivity index is 0.000000280. The molecule has 0 spiro atoms. The Hall–Kier alpha value is -1.10. The van der Waals surface area contributed by atoms with Crippen molar-refractivity contribution in [1.82, 2.24) is 5.32 Å². The van der Waals surface area contributed by atoms with Crippen molar-refractivity contribution in [2.24, 2.45) is 0 Å². The van der Waals surface area contributed by atoms with Crippen LogP contribution in [0.5, 0.6) is 0 Å². The third-order valence-corrected chi connectivity index (χ3v) is 3.01. The molecule has 0 saturated carbocycles. The van der Waals surface area contributed by atoms with Gasteiger partial charge in [0.05, 0.1) is 0 Å². The first kappa shape index (κ1) is 15.0. The molecule has 4 nitrogen and oxygen atoms in total. The van der Waals surface area contributed by atoms with Crippen LogP contribution in [0, 0.1) is 0 Å². The fourth-order valence-corrected chi connectivity index (χ4v) is 1.98. The van der Waals surface area contributed by atoms with E-state index in [0.29, 0.717) is 5.88 Å². The number of carboxylic acid groups (broad SMARTS) is 1. The van der Waals surface area contributed by atoms with Gasteiger partial charge >= 0.3 is 5.97 Å². The monoisotopic (exact) mass is 271 g/mol. The molecular formula is C13H18ClNO3. The Bertz CT molecular complexity index is 396. The van der Waals surface area contributed by atoms with Gasteiger partial charge in [-0.2, -0.15) is 0 Å². The van der Waals surface area contributed by atoms with Crippen molar-refractivity contribution < 1.29 is 15.0 Å². The first-order valence-corrected chi connectivity index (χ1v) is 6.41. The average molecular weight is 272 g/mol. The molecule has 0 unspecified atom stereocenters. The van der Waals surface area contributed by atoms with Crippen LogP contribution >= 0.6 is 11.6 Å². The maximum absolute atomic E-state index is 9.12. The number of alkyl halides is 1. The summed E-state index contributed by atoms with van der Waals surface area (Å²) in [5.41, 5.74) is 4.20. The molecule has 1 aromatic rings. The molecule has 0 atom stereocenters. The lowest BCUT2D eigenvalue weighted by atomic mass is 10.0. The number of benzene rings is 1. The fraction of sp³-hybridized carbons (Fsp3) is 0.462. The van der Waals surface area contributed by atoms with E-state index in [2.05, 4.69) is 23.5 Å². The van der Waals surface area contributed by atoms with Gasteiger partial charge in [-0.3, -0.25) is 0 Å². The van der Waals surface area contributed by atoms with E-state index < -0.39 is 12.6 Å². The van der Waals surface area contributed by atoms with Crippen LogP contribution in [-0.2, 0) is 23.5 Å². The van der Waals surface area contributed by atoms with Gasteiger partial charge in [-0.1, -0.05) is 18.2 Å². The molecule has 0 bridgehead atoms. The molecule has 0 fully saturated rings. The predicted octanol–water partition coefficient (Wildman–Crippen LogP) is 1.18. The quantitative estimate of drug-likeness (QED) is 0.707. The zero-order valence-corrected chi connectivity index (χ0v) is 10.9. The SMILES string of the molecule is ClCc1ccc2c(c1)CCNCC2.O=C(O)CO. The van der Waals surface area contributed by atoms with Gasteiger partial charge < -0.3 is 15.5 Å². The van der Waals surface area contributed by atoms with E-state index in [9.17, 15) is 0 Å². The summed E-state index contributed by atoms with van der Waals surface area (Å²) in [5, 5.41) is 18.4. The molecule has 0 amide bonds. The van der Waals surface area contributed by atoms with E-state index in [0.717, 1.165) is 25.9 Å². The molecule has 0 radical (unpaired) electrons. The minimum atomic E-state index is -1.19. The minimum absolute atomic E-state index is 0.626. The lowest BCUT2D eigenvalue weighted by Crippen LogP contribution is -2.16. The first-order chi connectivity index (χ1) is 8.67. The number of hydrogen-bond donors (Lipinski definition) is 3. The van der Waals surface area contributed by atoms with E-state index in [-0.39, 0.29) is 0 Å². The maximum Gasteiger partial charge on any atom is 0.329 e. The summed E-state index contributed by atoms with van der Waals surface area (Å²) in [7, 11) is 0. The zero-order chi connectivity index (χ0) is 13.4. The molecule has 1 heterocycles. The third-order valence-electron chi connectivity index (χ3n) is 2.70. The molecule has 0 saturated heterocycles. The Morgan fingerprint density at radius 3 is 2.44 bits per heavy atom. The third kappa shape index (κ3) is 5.04. The van der Waals surface area contributed by atoms with Crippen LogP contribution in [0.4, 0.5) is 0 Å². The lowest BCUT2D eigenvalue weighted by Gasteiger charge is -2.06. The standard InChI is InChI=1S/C11H14ClN.C2H4O3/c12-8-9-1-2-10-3-5-13-6-4-11(10)7-9;3-1-2(4)5/h1-2,7,13H,3-6,8H2;3H,1H2,(H,4,5). The van der Waals surface area contributed by atoms with Gasteiger partial charge in [-0.15, -0.1) is 11.6 Å². The first-order valence-electron chi connectivity index (χ1n) is 5.87. The Labute approximate surface area is 112 Å². The molecule has 3 N–H and O–H groups in total. The molecule has 1 aliphatic heterocycles. The van der Waals surface area contributed by atoms with Gasteiger partial charge in [0.1, 0.15) is 6.61 Å². The summed E-state index contributed by atoms with van der Waals surface area (Å²) in [6, 6.07) is 6.60. The number of fused-ring (bicyclic) bond motifs is 1. The van der Waals surface area contributed by atoms with E-state index in [1.165, 1.54) is 16.7 Å². The molecule has 100 valence electrons. The Kier molecular flexibility index (Phi) is 6.72. The number of nitrogens with one attached hydrogen (secondary N) is 1. The zero-order valence-electron chi connectivity index (χ0n) is 10.2. The number of halogens is 1. The highest BCUT2D eigenvalue weighted by Crippen LogP contribution is 2.16. The molecular weight excluding hydrogens is 254 g/mol. The molecule has 0 aromatic heterocycles. The molecule has 5 heteroatoms. The van der Waals surface area contributed by atoms with Crippen LogP contribution < -0.4 is 5.32 Å². The topological polar surface area (TPSA) is 69.6 Å². The number of aliphatic hydroxyl groups is 1. The predicted molar refractivity (Wildman–Crippen MR) is 71.0 cm³/mol. The van der Waals surface area contributed by atoms with Crippen molar-refractivity contribution in [3.8, 4) is 0 Å².